The van der Waals surface area contributed by atoms with Gasteiger partial charge in [0.15, 0.2) is 11.6 Å². The molecule has 3 aromatic rings. The number of Topliss-reactive ketones (excluding diaryl/α,β-unsaturated/α-hetero) is 2. The third-order valence-electron chi connectivity index (χ3n) is 6.21. The molecule has 4 rings (SSSR count). The lowest BCUT2D eigenvalue weighted by Crippen LogP contribution is -2.42. The van der Waals surface area contributed by atoms with Crippen LogP contribution in [0.1, 0.15) is 46.4 Å². The maximum Gasteiger partial charge on any atom is 0.223 e. The Morgan fingerprint density at radius 3 is 2.39 bits per heavy atom. The molecule has 1 aliphatic heterocycles. The number of benzene rings is 3. The molecule has 0 N–H and O–H groups in total. The highest BCUT2D eigenvalue weighted by Gasteiger charge is 2.29. The van der Waals surface area contributed by atoms with Crippen molar-refractivity contribution in [2.75, 3.05) is 20.2 Å². The second-order valence-electron chi connectivity index (χ2n) is 8.40. The molecule has 6 heteroatoms. The third-order valence-corrected chi connectivity index (χ3v) is 6.21. The predicted molar refractivity (Wildman–Crippen MR) is 124 cm³/mol. The summed E-state index contributed by atoms with van der Waals surface area (Å²) in [5.41, 5.74) is 1.03. The van der Waals surface area contributed by atoms with Gasteiger partial charge >= 0.3 is 0 Å². The van der Waals surface area contributed by atoms with Gasteiger partial charge in [-0.1, -0.05) is 18.2 Å². The monoisotopic (exact) mass is 447 g/mol. The fraction of sp³-hybridized carbons (Fsp3) is 0.296. The summed E-state index contributed by atoms with van der Waals surface area (Å²) in [5.74, 6) is -0.188. The van der Waals surface area contributed by atoms with E-state index in [2.05, 4.69) is 0 Å². The molecule has 1 fully saturated rings. The van der Waals surface area contributed by atoms with Crippen molar-refractivity contribution >= 4 is 28.2 Å². The normalized spacial score (nSPS) is 15.9. The summed E-state index contributed by atoms with van der Waals surface area (Å²) in [7, 11) is 1.62. The first-order valence-electron chi connectivity index (χ1n) is 11.1. The van der Waals surface area contributed by atoms with Crippen LogP contribution in [0.3, 0.4) is 0 Å². The summed E-state index contributed by atoms with van der Waals surface area (Å²) in [5, 5.41) is 1.96. The van der Waals surface area contributed by atoms with Crippen LogP contribution >= 0.6 is 0 Å². The van der Waals surface area contributed by atoms with E-state index >= 15 is 0 Å². The first-order valence-corrected chi connectivity index (χ1v) is 11.1. The fourth-order valence-corrected chi connectivity index (χ4v) is 4.32. The molecule has 0 aliphatic carbocycles. The molecule has 33 heavy (non-hydrogen) atoms. The minimum Gasteiger partial charge on any atom is -0.497 e. The van der Waals surface area contributed by atoms with Gasteiger partial charge in [-0.15, -0.1) is 0 Å². The first kappa shape index (κ1) is 22.6. The number of nitrogens with zero attached hydrogens (tertiary/aromatic N) is 1. The molecule has 0 radical (unpaired) electrons. The molecule has 170 valence electrons. The summed E-state index contributed by atoms with van der Waals surface area (Å²) < 4.78 is 18.3. The van der Waals surface area contributed by atoms with Crippen LogP contribution in [-0.2, 0) is 4.79 Å². The molecular weight excluding hydrogens is 421 g/mol. The largest absolute Gasteiger partial charge is 0.497 e. The maximum atomic E-state index is 13.2. The van der Waals surface area contributed by atoms with Gasteiger partial charge in [-0.3, -0.25) is 14.4 Å². The van der Waals surface area contributed by atoms with Gasteiger partial charge in [0, 0.05) is 43.0 Å². The topological polar surface area (TPSA) is 63.7 Å². The molecule has 1 saturated heterocycles. The lowest BCUT2D eigenvalue weighted by molar-refractivity contribution is -0.132. The number of ether oxygens (including phenoxy) is 1. The predicted octanol–water partition coefficient (Wildman–Crippen LogP) is 5.07. The van der Waals surface area contributed by atoms with Gasteiger partial charge in [-0.25, -0.2) is 4.39 Å². The second kappa shape index (κ2) is 9.94. The van der Waals surface area contributed by atoms with Gasteiger partial charge in [0.2, 0.25) is 5.91 Å². The van der Waals surface area contributed by atoms with Gasteiger partial charge in [-0.05, 0) is 66.1 Å². The van der Waals surface area contributed by atoms with E-state index in [4.69, 9.17) is 4.74 Å². The van der Waals surface area contributed by atoms with Crippen molar-refractivity contribution in [3.63, 3.8) is 0 Å². The molecular formula is C27H26FNO4. The number of fused-ring (bicyclic) bond motifs is 1. The Balaban J connectivity index is 1.37. The van der Waals surface area contributed by atoms with Crippen LogP contribution in [0.25, 0.3) is 10.8 Å². The molecule has 5 nitrogen and oxygen atoms in total. The molecule has 0 saturated carbocycles. The number of rotatable bonds is 7. The van der Waals surface area contributed by atoms with E-state index in [9.17, 15) is 18.8 Å². The van der Waals surface area contributed by atoms with E-state index in [0.29, 0.717) is 24.2 Å². The lowest BCUT2D eigenvalue weighted by atomic mass is 9.89. The van der Waals surface area contributed by atoms with E-state index < -0.39 is 5.82 Å². The summed E-state index contributed by atoms with van der Waals surface area (Å²) in [4.78, 5) is 39.9. The van der Waals surface area contributed by atoms with E-state index in [1.807, 2.05) is 36.4 Å². The fourth-order valence-electron chi connectivity index (χ4n) is 4.32. The standard InChI is InChI=1S/C27H26FNO4/c1-33-24-11-8-19-15-21(5-4-20(19)16-24)27(32)22-3-2-14-29(17-22)26(31)13-12-25(30)18-6-9-23(28)10-7-18/h4-11,15-16,22H,2-3,12-14,17H2,1H3/t22-/m0/s1. The molecule has 0 unspecified atom stereocenters. The number of carbonyl (C=O) groups excluding carboxylic acids is 3. The Kier molecular flexibility index (Phi) is 6.82. The maximum absolute atomic E-state index is 13.2. The molecule has 1 aliphatic rings. The molecule has 0 aromatic heterocycles. The number of hydrogen-bond donors (Lipinski definition) is 0. The van der Waals surface area contributed by atoms with E-state index in [1.54, 1.807) is 12.0 Å². The van der Waals surface area contributed by atoms with Crippen molar-refractivity contribution in [2.45, 2.75) is 25.7 Å². The molecule has 1 amide bonds. The molecule has 0 spiro atoms. The van der Waals surface area contributed by atoms with Crippen LogP contribution in [0.4, 0.5) is 4.39 Å². The molecule has 1 heterocycles. The van der Waals surface area contributed by atoms with Crippen LogP contribution < -0.4 is 4.74 Å². The Morgan fingerprint density at radius 1 is 0.939 bits per heavy atom. The van der Waals surface area contributed by atoms with Crippen molar-refractivity contribution < 1.29 is 23.5 Å². The Labute approximate surface area is 192 Å². The smallest absolute Gasteiger partial charge is 0.223 e. The van der Waals surface area contributed by atoms with Crippen LogP contribution in [0, 0.1) is 11.7 Å². The quantitative estimate of drug-likeness (QED) is 0.474. The van der Waals surface area contributed by atoms with Gasteiger partial charge in [0.25, 0.3) is 0 Å². The van der Waals surface area contributed by atoms with E-state index in [1.165, 1.54) is 24.3 Å². The highest BCUT2D eigenvalue weighted by Crippen LogP contribution is 2.26. The number of amides is 1. The minimum absolute atomic E-state index is 0.0348. The summed E-state index contributed by atoms with van der Waals surface area (Å²) in [6, 6.07) is 16.7. The zero-order valence-corrected chi connectivity index (χ0v) is 18.6. The van der Waals surface area contributed by atoms with Crippen LogP contribution in [0.15, 0.2) is 60.7 Å². The van der Waals surface area contributed by atoms with Gasteiger partial charge in [-0.2, -0.15) is 0 Å². The first-order chi connectivity index (χ1) is 15.9. The number of piperidine rings is 1. The minimum atomic E-state index is -0.405. The average Bonchev–Trinajstić information content (AvgIpc) is 2.86. The number of ketones is 2. The summed E-state index contributed by atoms with van der Waals surface area (Å²) in [6.07, 6.45) is 1.62. The van der Waals surface area contributed by atoms with Crippen LogP contribution in [0.5, 0.6) is 5.75 Å². The van der Waals surface area contributed by atoms with Crippen molar-refractivity contribution in [2.24, 2.45) is 5.92 Å². The zero-order chi connectivity index (χ0) is 23.4. The summed E-state index contributed by atoms with van der Waals surface area (Å²) >= 11 is 0. The number of hydrogen-bond acceptors (Lipinski definition) is 4. The Morgan fingerprint density at radius 2 is 1.64 bits per heavy atom. The van der Waals surface area contributed by atoms with Crippen molar-refractivity contribution in [1.82, 2.24) is 4.90 Å². The van der Waals surface area contributed by atoms with Gasteiger partial charge in [0.1, 0.15) is 11.6 Å². The highest BCUT2D eigenvalue weighted by atomic mass is 19.1. The van der Waals surface area contributed by atoms with Crippen molar-refractivity contribution in [3.05, 3.63) is 77.6 Å². The Bertz CT molecular complexity index is 1190. The van der Waals surface area contributed by atoms with Crippen LogP contribution in [0.2, 0.25) is 0 Å². The zero-order valence-electron chi connectivity index (χ0n) is 18.6. The van der Waals surface area contributed by atoms with Gasteiger partial charge < -0.3 is 9.64 Å². The number of halogens is 1. The van der Waals surface area contributed by atoms with Crippen LogP contribution in [-0.4, -0.2) is 42.6 Å². The lowest BCUT2D eigenvalue weighted by Gasteiger charge is -2.32. The van der Waals surface area contributed by atoms with E-state index in [0.717, 1.165) is 29.4 Å². The Hall–Kier alpha value is -3.54. The molecule has 1 atom stereocenters. The van der Waals surface area contributed by atoms with Crippen molar-refractivity contribution in [1.29, 1.82) is 0 Å². The van der Waals surface area contributed by atoms with Crippen molar-refractivity contribution in [3.8, 4) is 5.75 Å². The van der Waals surface area contributed by atoms with E-state index in [-0.39, 0.29) is 36.2 Å². The second-order valence-corrected chi connectivity index (χ2v) is 8.40. The number of carbonyl (C=O) groups is 3. The average molecular weight is 448 g/mol. The number of likely N-dealkylation sites (tertiary alicyclic amines) is 1. The molecule has 3 aromatic carbocycles. The summed E-state index contributed by atoms with van der Waals surface area (Å²) in [6.45, 7) is 0.952. The number of methoxy groups -OCH3 is 1. The SMILES string of the molecule is COc1ccc2cc(C(=O)[C@H]3CCCN(C(=O)CCC(=O)c4ccc(F)cc4)C3)ccc2c1. The highest BCUT2D eigenvalue weighted by molar-refractivity contribution is 6.02. The molecule has 0 bridgehead atoms. The third kappa shape index (κ3) is 5.28. The van der Waals surface area contributed by atoms with Gasteiger partial charge in [0.05, 0.1) is 7.11 Å².